The van der Waals surface area contributed by atoms with Crippen molar-refractivity contribution in [3.8, 4) is 0 Å². The topological polar surface area (TPSA) is 37.3 Å². The van der Waals surface area contributed by atoms with E-state index in [1.54, 1.807) is 23.9 Å². The number of ketones is 1. The van der Waals surface area contributed by atoms with Gasteiger partial charge in [0, 0.05) is 21.8 Å². The molecule has 168 valence electrons. The van der Waals surface area contributed by atoms with Crippen molar-refractivity contribution in [3.63, 3.8) is 0 Å². The molecular weight excluding hydrogens is 402 g/mol. The number of halogens is 2. The summed E-state index contributed by atoms with van der Waals surface area (Å²) in [6, 6.07) is 0. The quantitative estimate of drug-likeness (QED) is 0.553. The van der Waals surface area contributed by atoms with Crippen molar-refractivity contribution in [2.24, 2.45) is 22.7 Å². The zero-order valence-corrected chi connectivity index (χ0v) is 19.4. The molecule has 7 atom stereocenters. The highest BCUT2D eigenvalue weighted by atomic mass is 32.2. The van der Waals surface area contributed by atoms with E-state index in [0.29, 0.717) is 25.0 Å². The first-order chi connectivity index (χ1) is 14.2. The number of aliphatic hydroxyl groups is 1. The zero-order chi connectivity index (χ0) is 21.8. The van der Waals surface area contributed by atoms with Crippen LogP contribution in [0.1, 0.15) is 72.1 Å². The Morgan fingerprint density at radius 2 is 2.03 bits per heavy atom. The number of alkyl halides is 2. The molecule has 4 aliphatic carbocycles. The molecule has 0 aromatic rings. The fourth-order valence-electron chi connectivity index (χ4n) is 7.70. The van der Waals surface area contributed by atoms with Gasteiger partial charge in [0.1, 0.15) is 0 Å². The van der Waals surface area contributed by atoms with E-state index in [0.717, 1.165) is 37.7 Å². The van der Waals surface area contributed by atoms with Crippen molar-refractivity contribution in [1.82, 2.24) is 0 Å². The molecule has 1 unspecified atom stereocenters. The summed E-state index contributed by atoms with van der Waals surface area (Å²) in [4.78, 5) is 11.9. The molecule has 0 radical (unpaired) electrons. The van der Waals surface area contributed by atoms with Gasteiger partial charge in [-0.1, -0.05) is 38.3 Å². The van der Waals surface area contributed by atoms with Gasteiger partial charge in [-0.15, -0.1) is 0 Å². The number of hydrogen-bond acceptors (Lipinski definition) is 3. The third-order valence-corrected chi connectivity index (χ3v) is 11.1. The van der Waals surface area contributed by atoms with Crippen LogP contribution in [-0.2, 0) is 4.79 Å². The lowest BCUT2D eigenvalue weighted by Gasteiger charge is -2.63. The zero-order valence-electron chi connectivity index (χ0n) is 18.6. The van der Waals surface area contributed by atoms with Crippen LogP contribution in [0.3, 0.4) is 0 Å². The molecule has 30 heavy (non-hydrogen) atoms. The van der Waals surface area contributed by atoms with Crippen molar-refractivity contribution >= 4 is 17.5 Å². The Bertz CT molecular complexity index is 756. The SMILES string of the molecule is CCCC[C@@]1(SCCF)CC[C@H]2[C@@H]3CCC4=CC(=O)C=C[C@]4(C)C3(F)[C@@H](O)C[C@@]21C. The summed E-state index contributed by atoms with van der Waals surface area (Å²) in [6.45, 7) is 5.96. The molecule has 4 aliphatic rings. The standard InChI is InChI=1S/C25H36F2O2S/c1-4-5-10-24(30-14-13-26)12-9-19-20-7-6-17-15-18(28)8-11-22(17,2)25(20,27)21(29)16-23(19,24)3/h8,11,15,19-21,29H,4-7,9-10,12-14,16H2,1-3H3/t19-,20-,21-,22-,23-,24+,25?/m0/s1. The Kier molecular flexibility index (Phi) is 5.79. The lowest BCUT2D eigenvalue weighted by atomic mass is 9.45. The van der Waals surface area contributed by atoms with E-state index in [9.17, 15) is 14.3 Å². The van der Waals surface area contributed by atoms with Crippen LogP contribution < -0.4 is 0 Å². The lowest BCUT2D eigenvalue weighted by Crippen LogP contribution is -2.67. The Hall–Kier alpha value is -0.680. The maximum absolute atomic E-state index is 17.1. The number of hydrogen-bond donors (Lipinski definition) is 1. The second-order valence-electron chi connectivity index (χ2n) is 10.4. The fourth-order valence-corrected chi connectivity index (χ4v) is 9.29. The summed E-state index contributed by atoms with van der Waals surface area (Å²) in [5.74, 6) is 0.338. The van der Waals surface area contributed by atoms with Crippen LogP contribution in [0.15, 0.2) is 23.8 Å². The molecule has 0 spiro atoms. The molecule has 3 saturated carbocycles. The van der Waals surface area contributed by atoms with E-state index in [1.165, 1.54) is 6.08 Å². The van der Waals surface area contributed by atoms with E-state index in [2.05, 4.69) is 13.8 Å². The number of thioether (sulfide) groups is 1. The van der Waals surface area contributed by atoms with Crippen molar-refractivity contribution in [1.29, 1.82) is 0 Å². The summed E-state index contributed by atoms with van der Waals surface area (Å²) >= 11 is 1.74. The van der Waals surface area contributed by atoms with Crippen LogP contribution in [0.25, 0.3) is 0 Å². The Labute approximate surface area is 184 Å². The molecule has 0 heterocycles. The van der Waals surface area contributed by atoms with E-state index in [4.69, 9.17) is 0 Å². The van der Waals surface area contributed by atoms with Gasteiger partial charge in [-0.3, -0.25) is 9.18 Å². The number of carbonyl (C=O) groups is 1. The van der Waals surface area contributed by atoms with Crippen LogP contribution in [0.5, 0.6) is 0 Å². The Morgan fingerprint density at radius 3 is 2.73 bits per heavy atom. The third kappa shape index (κ3) is 2.86. The molecule has 4 rings (SSSR count). The predicted octanol–water partition coefficient (Wildman–Crippen LogP) is 5.99. The minimum absolute atomic E-state index is 0.0817. The first-order valence-electron chi connectivity index (χ1n) is 11.7. The highest BCUT2D eigenvalue weighted by Crippen LogP contribution is 2.72. The summed E-state index contributed by atoms with van der Waals surface area (Å²) < 4.78 is 30.2. The maximum atomic E-state index is 17.1. The van der Waals surface area contributed by atoms with Gasteiger partial charge in [0.25, 0.3) is 0 Å². The smallest absolute Gasteiger partial charge is 0.178 e. The van der Waals surface area contributed by atoms with Crippen LogP contribution >= 0.6 is 11.8 Å². The first-order valence-corrected chi connectivity index (χ1v) is 12.7. The molecule has 0 aromatic heterocycles. The second-order valence-corrected chi connectivity index (χ2v) is 11.9. The minimum Gasteiger partial charge on any atom is -0.390 e. The third-order valence-electron chi connectivity index (χ3n) is 9.32. The molecule has 1 N–H and O–H groups in total. The highest BCUT2D eigenvalue weighted by Gasteiger charge is 2.72. The van der Waals surface area contributed by atoms with Gasteiger partial charge in [0.2, 0.25) is 0 Å². The van der Waals surface area contributed by atoms with Crippen molar-refractivity contribution < 1.29 is 18.7 Å². The van der Waals surface area contributed by atoms with Gasteiger partial charge in [0.05, 0.1) is 12.8 Å². The molecule has 0 aliphatic heterocycles. The normalized spacial score (nSPS) is 47.5. The van der Waals surface area contributed by atoms with E-state index in [-0.39, 0.29) is 34.5 Å². The summed E-state index contributed by atoms with van der Waals surface area (Å²) in [6.07, 6.45) is 10.6. The average Bonchev–Trinajstić information content (AvgIpc) is 2.99. The average molecular weight is 439 g/mol. The Balaban J connectivity index is 1.74. The summed E-state index contributed by atoms with van der Waals surface area (Å²) in [7, 11) is 0. The number of unbranched alkanes of at least 4 members (excludes halogenated alkanes) is 1. The summed E-state index contributed by atoms with van der Waals surface area (Å²) in [5.41, 5.74) is -2.05. The number of rotatable bonds is 6. The van der Waals surface area contributed by atoms with Gasteiger partial charge < -0.3 is 5.11 Å². The predicted molar refractivity (Wildman–Crippen MR) is 119 cm³/mol. The van der Waals surface area contributed by atoms with Crippen LogP contribution in [-0.4, -0.2) is 39.8 Å². The van der Waals surface area contributed by atoms with Crippen LogP contribution in [0.2, 0.25) is 0 Å². The van der Waals surface area contributed by atoms with Gasteiger partial charge in [-0.25, -0.2) is 4.39 Å². The monoisotopic (exact) mass is 438 g/mol. The number of fused-ring (bicyclic) bond motifs is 5. The molecule has 5 heteroatoms. The van der Waals surface area contributed by atoms with E-state index >= 15 is 4.39 Å². The lowest BCUT2D eigenvalue weighted by molar-refractivity contribution is -0.192. The fraction of sp³-hybridized carbons (Fsp3) is 0.800. The largest absolute Gasteiger partial charge is 0.390 e. The summed E-state index contributed by atoms with van der Waals surface area (Å²) in [5, 5.41) is 11.4. The number of aliphatic hydroxyl groups excluding tert-OH is 1. The van der Waals surface area contributed by atoms with E-state index < -0.39 is 17.2 Å². The molecule has 0 aromatic carbocycles. The van der Waals surface area contributed by atoms with Gasteiger partial charge in [0.15, 0.2) is 11.5 Å². The molecule has 0 saturated heterocycles. The molecule has 2 nitrogen and oxygen atoms in total. The maximum Gasteiger partial charge on any atom is 0.178 e. The Morgan fingerprint density at radius 1 is 1.27 bits per heavy atom. The van der Waals surface area contributed by atoms with E-state index in [1.807, 2.05) is 6.92 Å². The number of carbonyl (C=O) groups excluding carboxylic acids is 1. The molecule has 0 bridgehead atoms. The first kappa shape index (κ1) is 22.5. The van der Waals surface area contributed by atoms with Crippen molar-refractivity contribution in [2.75, 3.05) is 12.4 Å². The van der Waals surface area contributed by atoms with Gasteiger partial charge in [-0.2, -0.15) is 11.8 Å². The number of allylic oxidation sites excluding steroid dienone is 4. The second kappa shape index (κ2) is 7.72. The molecular formula is C25H36F2O2S. The minimum atomic E-state index is -1.76. The van der Waals surface area contributed by atoms with Crippen LogP contribution in [0.4, 0.5) is 8.78 Å². The highest BCUT2D eigenvalue weighted by molar-refractivity contribution is 8.00. The van der Waals surface area contributed by atoms with Crippen LogP contribution in [0, 0.1) is 22.7 Å². The van der Waals surface area contributed by atoms with Gasteiger partial charge in [-0.05, 0) is 68.9 Å². The van der Waals surface area contributed by atoms with Crippen molar-refractivity contribution in [2.45, 2.75) is 88.7 Å². The molecule has 3 fully saturated rings. The van der Waals surface area contributed by atoms with Crippen molar-refractivity contribution in [3.05, 3.63) is 23.8 Å². The molecule has 0 amide bonds. The van der Waals surface area contributed by atoms with Gasteiger partial charge >= 0.3 is 0 Å².